The Kier molecular flexibility index (Phi) is 3.38. The van der Waals surface area contributed by atoms with Gasteiger partial charge in [-0.15, -0.1) is 0 Å². The minimum atomic E-state index is 0.0763. The van der Waals surface area contributed by atoms with E-state index in [0.29, 0.717) is 0 Å². The van der Waals surface area contributed by atoms with Gasteiger partial charge in [0.1, 0.15) is 17.3 Å². The van der Waals surface area contributed by atoms with Crippen molar-refractivity contribution in [1.29, 1.82) is 0 Å². The highest BCUT2D eigenvalue weighted by atomic mass is 16.3. The van der Waals surface area contributed by atoms with Crippen molar-refractivity contribution in [1.82, 2.24) is 5.32 Å². The average Bonchev–Trinajstić information content (AvgIpc) is 2.82. The second-order valence-corrected chi connectivity index (χ2v) is 4.33. The molecule has 0 aliphatic heterocycles. The number of hydrogen-bond donors (Lipinski definition) is 1. The van der Waals surface area contributed by atoms with Crippen molar-refractivity contribution in [2.75, 3.05) is 6.54 Å². The highest BCUT2D eigenvalue weighted by Gasteiger charge is 2.22. The van der Waals surface area contributed by atoms with Gasteiger partial charge < -0.3 is 14.2 Å². The Hall–Kier alpha value is -1.48. The van der Waals surface area contributed by atoms with Crippen molar-refractivity contribution in [3.63, 3.8) is 0 Å². The zero-order valence-corrected chi connectivity index (χ0v) is 10.8. The van der Waals surface area contributed by atoms with Crippen LogP contribution in [0.2, 0.25) is 0 Å². The van der Waals surface area contributed by atoms with Crippen LogP contribution in [-0.2, 0) is 0 Å². The minimum Gasteiger partial charge on any atom is -0.467 e. The Morgan fingerprint density at radius 3 is 2.53 bits per heavy atom. The quantitative estimate of drug-likeness (QED) is 0.878. The van der Waals surface area contributed by atoms with Gasteiger partial charge in [0.2, 0.25) is 0 Å². The van der Waals surface area contributed by atoms with Gasteiger partial charge in [0.15, 0.2) is 0 Å². The summed E-state index contributed by atoms with van der Waals surface area (Å²) in [6.45, 7) is 8.99. The van der Waals surface area contributed by atoms with Crippen molar-refractivity contribution in [2.45, 2.75) is 33.7 Å². The molecule has 0 spiro atoms. The highest BCUT2D eigenvalue weighted by Crippen LogP contribution is 2.29. The second-order valence-electron chi connectivity index (χ2n) is 4.33. The Morgan fingerprint density at radius 1 is 1.29 bits per heavy atom. The van der Waals surface area contributed by atoms with Crippen molar-refractivity contribution in [3.8, 4) is 0 Å². The normalized spacial score (nSPS) is 12.9. The molecular weight excluding hydrogens is 214 g/mol. The first-order valence-electron chi connectivity index (χ1n) is 5.97. The lowest BCUT2D eigenvalue weighted by atomic mass is 10.0. The number of hydrogen-bond acceptors (Lipinski definition) is 3. The maximum absolute atomic E-state index is 5.60. The summed E-state index contributed by atoms with van der Waals surface area (Å²) < 4.78 is 11.2. The van der Waals surface area contributed by atoms with Crippen LogP contribution in [0.3, 0.4) is 0 Å². The van der Waals surface area contributed by atoms with Gasteiger partial charge >= 0.3 is 0 Å². The summed E-state index contributed by atoms with van der Waals surface area (Å²) in [6.07, 6.45) is 1.73. The minimum absolute atomic E-state index is 0.0763. The van der Waals surface area contributed by atoms with E-state index >= 15 is 0 Å². The molecule has 0 amide bonds. The molecule has 2 aromatic heterocycles. The fraction of sp³-hybridized carbons (Fsp3) is 0.429. The van der Waals surface area contributed by atoms with Gasteiger partial charge in [0.25, 0.3) is 0 Å². The first kappa shape index (κ1) is 12.0. The van der Waals surface area contributed by atoms with E-state index in [-0.39, 0.29) is 6.04 Å². The van der Waals surface area contributed by atoms with Gasteiger partial charge in [-0.05, 0) is 45.0 Å². The molecule has 0 aromatic carbocycles. The smallest absolute Gasteiger partial charge is 0.128 e. The summed E-state index contributed by atoms with van der Waals surface area (Å²) in [5.74, 6) is 2.85. The number of rotatable bonds is 4. The lowest BCUT2D eigenvalue weighted by molar-refractivity contribution is 0.440. The van der Waals surface area contributed by atoms with E-state index in [1.165, 1.54) is 0 Å². The second kappa shape index (κ2) is 4.80. The number of aryl methyl sites for hydroxylation is 3. The molecule has 0 aliphatic rings. The molecule has 0 fully saturated rings. The maximum Gasteiger partial charge on any atom is 0.128 e. The topological polar surface area (TPSA) is 38.3 Å². The maximum atomic E-state index is 5.60. The summed E-state index contributed by atoms with van der Waals surface area (Å²) >= 11 is 0. The van der Waals surface area contributed by atoms with Gasteiger partial charge in [-0.1, -0.05) is 6.92 Å². The molecule has 3 heteroatoms. The SMILES string of the molecule is CCNC(c1cc(C)oc1C)c1occc1C. The average molecular weight is 233 g/mol. The molecule has 1 atom stereocenters. The van der Waals surface area contributed by atoms with Gasteiger partial charge in [0.05, 0.1) is 12.3 Å². The van der Waals surface area contributed by atoms with E-state index in [4.69, 9.17) is 8.83 Å². The van der Waals surface area contributed by atoms with Crippen molar-refractivity contribution >= 4 is 0 Å². The molecule has 1 unspecified atom stereocenters. The molecule has 0 saturated carbocycles. The number of nitrogens with one attached hydrogen (secondary N) is 1. The fourth-order valence-corrected chi connectivity index (χ4v) is 2.17. The lowest BCUT2D eigenvalue weighted by Crippen LogP contribution is -2.22. The Bertz CT molecular complexity index is 496. The first-order chi connectivity index (χ1) is 8.13. The molecule has 0 bridgehead atoms. The predicted molar refractivity (Wildman–Crippen MR) is 67.1 cm³/mol. The Labute approximate surface area is 102 Å². The van der Waals surface area contributed by atoms with Gasteiger partial charge in [-0.3, -0.25) is 0 Å². The highest BCUT2D eigenvalue weighted by molar-refractivity contribution is 5.33. The standard InChI is InChI=1S/C14H19NO2/c1-5-15-13(14-9(2)6-7-16-14)12-8-10(3)17-11(12)4/h6-8,13,15H,5H2,1-4H3. The molecule has 0 radical (unpaired) electrons. The third kappa shape index (κ3) is 2.29. The molecule has 17 heavy (non-hydrogen) atoms. The fourth-order valence-electron chi connectivity index (χ4n) is 2.17. The number of furan rings is 2. The Balaban J connectivity index is 2.42. The van der Waals surface area contributed by atoms with Crippen LogP contribution < -0.4 is 5.32 Å². The summed E-state index contributed by atoms with van der Waals surface area (Å²) in [5, 5.41) is 3.44. The van der Waals surface area contributed by atoms with Crippen LogP contribution in [0.5, 0.6) is 0 Å². The van der Waals surface area contributed by atoms with Crippen LogP contribution in [0.25, 0.3) is 0 Å². The molecule has 1 N–H and O–H groups in total. The van der Waals surface area contributed by atoms with Crippen molar-refractivity contribution in [2.24, 2.45) is 0 Å². The van der Waals surface area contributed by atoms with Crippen molar-refractivity contribution < 1.29 is 8.83 Å². The molecule has 3 nitrogen and oxygen atoms in total. The summed E-state index contributed by atoms with van der Waals surface area (Å²) in [7, 11) is 0. The molecule has 92 valence electrons. The van der Waals surface area contributed by atoms with Gasteiger partial charge in [-0.25, -0.2) is 0 Å². The molecule has 2 rings (SSSR count). The van der Waals surface area contributed by atoms with Gasteiger partial charge in [-0.2, -0.15) is 0 Å². The zero-order chi connectivity index (χ0) is 12.4. The summed E-state index contributed by atoms with van der Waals surface area (Å²) in [4.78, 5) is 0. The van der Waals surface area contributed by atoms with E-state index in [9.17, 15) is 0 Å². The van der Waals surface area contributed by atoms with E-state index in [1.807, 2.05) is 19.9 Å². The van der Waals surface area contributed by atoms with E-state index in [1.54, 1.807) is 6.26 Å². The van der Waals surface area contributed by atoms with Crippen LogP contribution in [0.1, 0.15) is 41.4 Å². The third-order valence-corrected chi connectivity index (χ3v) is 2.96. The summed E-state index contributed by atoms with van der Waals surface area (Å²) in [5.41, 5.74) is 2.32. The Morgan fingerprint density at radius 2 is 2.06 bits per heavy atom. The molecular formula is C14H19NO2. The van der Waals surface area contributed by atoms with Crippen molar-refractivity contribution in [3.05, 3.63) is 46.8 Å². The molecule has 2 aromatic rings. The van der Waals surface area contributed by atoms with Crippen LogP contribution in [0.4, 0.5) is 0 Å². The van der Waals surface area contributed by atoms with Crippen LogP contribution >= 0.6 is 0 Å². The lowest BCUT2D eigenvalue weighted by Gasteiger charge is -2.15. The first-order valence-corrected chi connectivity index (χ1v) is 5.97. The third-order valence-electron chi connectivity index (χ3n) is 2.96. The van der Waals surface area contributed by atoms with Crippen LogP contribution in [-0.4, -0.2) is 6.54 Å². The largest absolute Gasteiger partial charge is 0.467 e. The van der Waals surface area contributed by atoms with Gasteiger partial charge in [0, 0.05) is 5.56 Å². The molecule has 0 aliphatic carbocycles. The summed E-state index contributed by atoms with van der Waals surface area (Å²) in [6, 6.07) is 4.14. The van der Waals surface area contributed by atoms with E-state index in [0.717, 1.165) is 35.0 Å². The van der Waals surface area contributed by atoms with Crippen LogP contribution in [0, 0.1) is 20.8 Å². The predicted octanol–water partition coefficient (Wildman–Crippen LogP) is 3.50. The van der Waals surface area contributed by atoms with E-state index in [2.05, 4.69) is 25.2 Å². The molecule has 0 saturated heterocycles. The van der Waals surface area contributed by atoms with Crippen LogP contribution in [0.15, 0.2) is 27.2 Å². The van der Waals surface area contributed by atoms with E-state index < -0.39 is 0 Å². The monoisotopic (exact) mass is 233 g/mol. The zero-order valence-electron chi connectivity index (χ0n) is 10.8. The molecule has 2 heterocycles.